The molecule has 0 saturated carbocycles. The first kappa shape index (κ1) is 22.5. The standard InChI is InChI=1S/C23H23N3O6/c1-3-31-21-12-18(19(26(28)29)13-20(21)30-2)23(27)25-14-17-9-10-24-22(11-17)32-15-16-7-5-4-6-8-16/h4-13H,3,14-15H2,1-2H3,(H,25,27). The maximum atomic E-state index is 12.7. The molecule has 32 heavy (non-hydrogen) atoms. The van der Waals surface area contributed by atoms with Crippen LogP contribution in [0, 0.1) is 10.1 Å². The number of benzene rings is 2. The van der Waals surface area contributed by atoms with Crippen LogP contribution in [-0.2, 0) is 13.2 Å². The zero-order chi connectivity index (χ0) is 22.9. The van der Waals surface area contributed by atoms with Crippen LogP contribution in [0.3, 0.4) is 0 Å². The summed E-state index contributed by atoms with van der Waals surface area (Å²) < 4.78 is 16.3. The average molecular weight is 437 g/mol. The topological polar surface area (TPSA) is 113 Å². The van der Waals surface area contributed by atoms with Gasteiger partial charge in [-0.2, -0.15) is 0 Å². The zero-order valence-electron chi connectivity index (χ0n) is 17.7. The molecule has 166 valence electrons. The van der Waals surface area contributed by atoms with Gasteiger partial charge in [-0.3, -0.25) is 14.9 Å². The van der Waals surface area contributed by atoms with Crippen LogP contribution in [0.15, 0.2) is 60.8 Å². The van der Waals surface area contributed by atoms with Crippen molar-refractivity contribution in [1.82, 2.24) is 10.3 Å². The number of carbonyl (C=O) groups is 1. The number of hydrogen-bond acceptors (Lipinski definition) is 7. The molecule has 0 bridgehead atoms. The van der Waals surface area contributed by atoms with Gasteiger partial charge < -0.3 is 19.5 Å². The molecule has 3 rings (SSSR count). The van der Waals surface area contributed by atoms with Crippen molar-refractivity contribution in [3.05, 3.63) is 87.6 Å². The molecule has 1 amide bonds. The maximum absolute atomic E-state index is 12.7. The van der Waals surface area contributed by atoms with Crippen LogP contribution in [-0.4, -0.2) is 29.5 Å². The van der Waals surface area contributed by atoms with Gasteiger partial charge >= 0.3 is 0 Å². The number of nitrogens with one attached hydrogen (secondary N) is 1. The number of rotatable bonds is 10. The molecule has 0 aliphatic heterocycles. The summed E-state index contributed by atoms with van der Waals surface area (Å²) in [6, 6.07) is 15.6. The lowest BCUT2D eigenvalue weighted by molar-refractivity contribution is -0.385. The predicted octanol–water partition coefficient (Wildman–Crippen LogP) is 3.91. The van der Waals surface area contributed by atoms with E-state index < -0.39 is 10.8 Å². The second-order valence-electron chi connectivity index (χ2n) is 6.67. The third-order valence-corrected chi connectivity index (χ3v) is 4.50. The van der Waals surface area contributed by atoms with E-state index in [9.17, 15) is 14.9 Å². The van der Waals surface area contributed by atoms with Gasteiger partial charge in [-0.1, -0.05) is 30.3 Å². The van der Waals surface area contributed by atoms with Crippen LogP contribution in [0.1, 0.15) is 28.4 Å². The van der Waals surface area contributed by atoms with E-state index in [4.69, 9.17) is 14.2 Å². The normalized spacial score (nSPS) is 10.3. The molecule has 1 heterocycles. The molecule has 0 aliphatic carbocycles. The Morgan fingerprint density at radius 3 is 2.53 bits per heavy atom. The second-order valence-corrected chi connectivity index (χ2v) is 6.67. The van der Waals surface area contributed by atoms with E-state index in [1.54, 1.807) is 25.3 Å². The van der Waals surface area contributed by atoms with E-state index in [0.717, 1.165) is 11.1 Å². The minimum atomic E-state index is -0.630. The van der Waals surface area contributed by atoms with Crippen molar-refractivity contribution < 1.29 is 23.9 Å². The van der Waals surface area contributed by atoms with E-state index >= 15 is 0 Å². The second kappa shape index (κ2) is 10.8. The summed E-state index contributed by atoms with van der Waals surface area (Å²) in [5, 5.41) is 14.2. The Bertz CT molecular complexity index is 1090. The first-order valence-corrected chi connectivity index (χ1v) is 9.91. The molecule has 9 heteroatoms. The number of nitro benzene ring substituents is 1. The van der Waals surface area contributed by atoms with Crippen molar-refractivity contribution in [1.29, 1.82) is 0 Å². The van der Waals surface area contributed by atoms with Gasteiger partial charge in [0.1, 0.15) is 12.2 Å². The Kier molecular flexibility index (Phi) is 7.58. The van der Waals surface area contributed by atoms with E-state index in [-0.39, 0.29) is 29.3 Å². The van der Waals surface area contributed by atoms with E-state index in [1.807, 2.05) is 30.3 Å². The third kappa shape index (κ3) is 5.72. The van der Waals surface area contributed by atoms with E-state index in [0.29, 0.717) is 19.1 Å². The highest BCUT2D eigenvalue weighted by atomic mass is 16.6. The van der Waals surface area contributed by atoms with Gasteiger partial charge in [-0.15, -0.1) is 0 Å². The summed E-state index contributed by atoms with van der Waals surface area (Å²) in [5.41, 5.74) is 1.25. The molecule has 3 aromatic rings. The van der Waals surface area contributed by atoms with Gasteiger partial charge in [0.15, 0.2) is 11.5 Å². The number of nitrogens with zero attached hydrogens (tertiary/aromatic N) is 2. The van der Waals surface area contributed by atoms with Gasteiger partial charge in [0.2, 0.25) is 5.88 Å². The lowest BCUT2D eigenvalue weighted by Crippen LogP contribution is -2.24. The number of ether oxygens (including phenoxy) is 3. The molecule has 0 fully saturated rings. The Morgan fingerprint density at radius 1 is 1.06 bits per heavy atom. The summed E-state index contributed by atoms with van der Waals surface area (Å²) in [5.74, 6) is 0.245. The van der Waals surface area contributed by atoms with Gasteiger partial charge in [-0.25, -0.2) is 4.98 Å². The van der Waals surface area contributed by atoms with Crippen LogP contribution in [0.4, 0.5) is 5.69 Å². The number of carbonyl (C=O) groups excluding carboxylic acids is 1. The van der Waals surface area contributed by atoms with E-state index in [2.05, 4.69) is 10.3 Å². The van der Waals surface area contributed by atoms with Gasteiger partial charge in [0, 0.05) is 24.9 Å². The molecule has 0 unspecified atom stereocenters. The van der Waals surface area contributed by atoms with E-state index in [1.165, 1.54) is 19.2 Å². The Hall–Kier alpha value is -4.14. The Labute approximate surface area is 185 Å². The minimum Gasteiger partial charge on any atom is -0.493 e. The van der Waals surface area contributed by atoms with Crippen molar-refractivity contribution in [2.45, 2.75) is 20.1 Å². The fourth-order valence-electron chi connectivity index (χ4n) is 2.96. The first-order valence-electron chi connectivity index (χ1n) is 9.91. The van der Waals surface area contributed by atoms with Crippen molar-refractivity contribution in [3.63, 3.8) is 0 Å². The van der Waals surface area contributed by atoms with Gasteiger partial charge in [0.25, 0.3) is 11.6 Å². The monoisotopic (exact) mass is 437 g/mol. The van der Waals surface area contributed by atoms with Crippen LogP contribution < -0.4 is 19.5 Å². The lowest BCUT2D eigenvalue weighted by atomic mass is 10.1. The van der Waals surface area contributed by atoms with Crippen LogP contribution >= 0.6 is 0 Å². The third-order valence-electron chi connectivity index (χ3n) is 4.50. The highest BCUT2D eigenvalue weighted by Gasteiger charge is 2.24. The number of nitro groups is 1. The van der Waals surface area contributed by atoms with Crippen molar-refractivity contribution in [2.24, 2.45) is 0 Å². The summed E-state index contributed by atoms with van der Waals surface area (Å²) in [4.78, 5) is 27.8. The number of pyridine rings is 1. The van der Waals surface area contributed by atoms with Crippen LogP contribution in [0.25, 0.3) is 0 Å². The van der Waals surface area contributed by atoms with Crippen LogP contribution in [0.5, 0.6) is 17.4 Å². The Balaban J connectivity index is 1.71. The summed E-state index contributed by atoms with van der Waals surface area (Å²) in [6.45, 7) is 2.58. The van der Waals surface area contributed by atoms with Crippen molar-refractivity contribution in [3.8, 4) is 17.4 Å². The molecule has 2 aromatic carbocycles. The van der Waals surface area contributed by atoms with Gasteiger partial charge in [-0.05, 0) is 24.1 Å². The average Bonchev–Trinajstić information content (AvgIpc) is 2.82. The molecular weight excluding hydrogens is 414 g/mol. The highest BCUT2D eigenvalue weighted by molar-refractivity contribution is 5.99. The molecule has 0 radical (unpaired) electrons. The number of aromatic nitrogens is 1. The molecule has 9 nitrogen and oxygen atoms in total. The molecule has 0 saturated heterocycles. The maximum Gasteiger partial charge on any atom is 0.286 e. The SMILES string of the molecule is CCOc1cc(C(=O)NCc2ccnc(OCc3ccccc3)c2)c([N+](=O)[O-])cc1OC. The molecule has 1 N–H and O–H groups in total. The Morgan fingerprint density at radius 2 is 1.84 bits per heavy atom. The highest BCUT2D eigenvalue weighted by Crippen LogP contribution is 2.34. The summed E-state index contributed by atoms with van der Waals surface area (Å²) in [6.07, 6.45) is 1.57. The first-order chi connectivity index (χ1) is 15.5. The zero-order valence-corrected chi connectivity index (χ0v) is 17.7. The number of methoxy groups -OCH3 is 1. The minimum absolute atomic E-state index is 0.117. The summed E-state index contributed by atoms with van der Waals surface area (Å²) >= 11 is 0. The number of hydrogen-bond donors (Lipinski definition) is 1. The van der Waals surface area contributed by atoms with Crippen molar-refractivity contribution in [2.75, 3.05) is 13.7 Å². The fourth-order valence-corrected chi connectivity index (χ4v) is 2.96. The largest absolute Gasteiger partial charge is 0.493 e. The van der Waals surface area contributed by atoms with Gasteiger partial charge in [0.05, 0.1) is 24.7 Å². The molecule has 0 spiro atoms. The molecule has 1 aromatic heterocycles. The quantitative estimate of drug-likeness (QED) is 0.378. The molecular formula is C23H23N3O6. The molecule has 0 aliphatic rings. The molecule has 0 atom stereocenters. The van der Waals surface area contributed by atoms with Crippen LogP contribution in [0.2, 0.25) is 0 Å². The van der Waals surface area contributed by atoms with Crippen molar-refractivity contribution >= 4 is 11.6 Å². The fraction of sp³-hybridized carbons (Fsp3) is 0.217. The smallest absolute Gasteiger partial charge is 0.286 e. The summed E-state index contributed by atoms with van der Waals surface area (Å²) in [7, 11) is 1.38. The predicted molar refractivity (Wildman–Crippen MR) is 117 cm³/mol. The number of amides is 1. The lowest BCUT2D eigenvalue weighted by Gasteiger charge is -2.12.